The fraction of sp³-hybridized carbons (Fsp3) is 0.875. The van der Waals surface area contributed by atoms with Crippen LogP contribution in [0.15, 0.2) is 0 Å². The maximum Gasteiger partial charge on any atom is 0.317 e. The van der Waals surface area contributed by atoms with E-state index in [1.807, 2.05) is 6.92 Å². The van der Waals surface area contributed by atoms with Crippen LogP contribution in [0.3, 0.4) is 0 Å². The SMILES string of the molecule is CCNC(=O)N1CCOC(CN)C1. The molecule has 0 aliphatic carbocycles. The highest BCUT2D eigenvalue weighted by Crippen LogP contribution is 2.03. The average Bonchev–Trinajstić information content (AvgIpc) is 2.18. The number of nitrogens with two attached hydrogens (primary N) is 1. The van der Waals surface area contributed by atoms with E-state index in [9.17, 15) is 4.79 Å². The fourth-order valence-electron chi connectivity index (χ4n) is 1.31. The molecule has 1 atom stereocenters. The van der Waals surface area contributed by atoms with Gasteiger partial charge in [0.2, 0.25) is 0 Å². The largest absolute Gasteiger partial charge is 0.373 e. The molecule has 0 aromatic heterocycles. The molecule has 0 radical (unpaired) electrons. The van der Waals surface area contributed by atoms with E-state index in [0.29, 0.717) is 32.8 Å². The highest BCUT2D eigenvalue weighted by molar-refractivity contribution is 5.74. The van der Waals surface area contributed by atoms with Gasteiger partial charge in [0.15, 0.2) is 0 Å². The van der Waals surface area contributed by atoms with Crippen molar-refractivity contribution in [2.24, 2.45) is 5.73 Å². The van der Waals surface area contributed by atoms with Crippen molar-refractivity contribution < 1.29 is 9.53 Å². The van der Waals surface area contributed by atoms with E-state index in [4.69, 9.17) is 10.5 Å². The third-order valence-corrected chi connectivity index (χ3v) is 2.02. The van der Waals surface area contributed by atoms with Gasteiger partial charge in [0.25, 0.3) is 0 Å². The Labute approximate surface area is 78.2 Å². The van der Waals surface area contributed by atoms with E-state index in [1.165, 1.54) is 0 Å². The van der Waals surface area contributed by atoms with Gasteiger partial charge >= 0.3 is 6.03 Å². The summed E-state index contributed by atoms with van der Waals surface area (Å²) in [5, 5.41) is 2.75. The Hall–Kier alpha value is -0.810. The van der Waals surface area contributed by atoms with Crippen molar-refractivity contribution in [3.05, 3.63) is 0 Å². The van der Waals surface area contributed by atoms with Crippen molar-refractivity contribution in [3.63, 3.8) is 0 Å². The lowest BCUT2D eigenvalue weighted by molar-refractivity contribution is -0.00851. The van der Waals surface area contributed by atoms with Gasteiger partial charge in [-0.3, -0.25) is 0 Å². The van der Waals surface area contributed by atoms with E-state index in [2.05, 4.69) is 5.32 Å². The molecule has 0 aromatic rings. The Morgan fingerprint density at radius 3 is 3.15 bits per heavy atom. The summed E-state index contributed by atoms with van der Waals surface area (Å²) in [5.41, 5.74) is 5.46. The highest BCUT2D eigenvalue weighted by atomic mass is 16.5. The molecule has 0 spiro atoms. The van der Waals surface area contributed by atoms with Crippen LogP contribution in [0.4, 0.5) is 4.79 Å². The Kier molecular flexibility index (Phi) is 3.98. The van der Waals surface area contributed by atoms with Gasteiger partial charge in [-0.25, -0.2) is 4.79 Å². The molecule has 1 aliphatic heterocycles. The number of carbonyl (C=O) groups excluding carboxylic acids is 1. The lowest BCUT2D eigenvalue weighted by Gasteiger charge is -2.32. The summed E-state index contributed by atoms with van der Waals surface area (Å²) in [6.07, 6.45) is -0.00337. The summed E-state index contributed by atoms with van der Waals surface area (Å²) in [4.78, 5) is 13.1. The molecular weight excluding hydrogens is 170 g/mol. The van der Waals surface area contributed by atoms with Crippen LogP contribution in [-0.4, -0.2) is 49.8 Å². The van der Waals surface area contributed by atoms with E-state index < -0.39 is 0 Å². The zero-order chi connectivity index (χ0) is 9.68. The molecule has 0 saturated carbocycles. The maximum absolute atomic E-state index is 11.4. The van der Waals surface area contributed by atoms with Gasteiger partial charge in [-0.1, -0.05) is 0 Å². The first-order valence-corrected chi connectivity index (χ1v) is 4.62. The van der Waals surface area contributed by atoms with Crippen LogP contribution in [0.5, 0.6) is 0 Å². The van der Waals surface area contributed by atoms with Gasteiger partial charge < -0.3 is 20.7 Å². The van der Waals surface area contributed by atoms with Crippen LogP contribution in [0.1, 0.15) is 6.92 Å². The third-order valence-electron chi connectivity index (χ3n) is 2.02. The summed E-state index contributed by atoms with van der Waals surface area (Å²) < 4.78 is 5.34. The fourth-order valence-corrected chi connectivity index (χ4v) is 1.31. The van der Waals surface area contributed by atoms with Gasteiger partial charge in [-0.05, 0) is 6.92 Å². The molecule has 3 N–H and O–H groups in total. The van der Waals surface area contributed by atoms with Gasteiger partial charge in [-0.15, -0.1) is 0 Å². The molecule has 1 aliphatic rings. The minimum atomic E-state index is -0.0238. The highest BCUT2D eigenvalue weighted by Gasteiger charge is 2.22. The van der Waals surface area contributed by atoms with Gasteiger partial charge in [0.1, 0.15) is 0 Å². The molecule has 1 rings (SSSR count). The monoisotopic (exact) mass is 187 g/mol. The van der Waals surface area contributed by atoms with Crippen LogP contribution in [-0.2, 0) is 4.74 Å². The number of nitrogens with one attached hydrogen (secondary N) is 1. The van der Waals surface area contributed by atoms with Crippen LogP contribution >= 0.6 is 0 Å². The lowest BCUT2D eigenvalue weighted by atomic mass is 10.3. The first-order chi connectivity index (χ1) is 6.27. The Morgan fingerprint density at radius 2 is 2.54 bits per heavy atom. The molecule has 1 saturated heterocycles. The number of ether oxygens (including phenoxy) is 1. The molecule has 2 amide bonds. The second-order valence-corrected chi connectivity index (χ2v) is 3.01. The molecule has 0 aromatic carbocycles. The van der Waals surface area contributed by atoms with Crippen LogP contribution in [0, 0.1) is 0 Å². The summed E-state index contributed by atoms with van der Waals surface area (Å²) in [6.45, 7) is 4.86. The maximum atomic E-state index is 11.4. The molecule has 5 heteroatoms. The van der Waals surface area contributed by atoms with Crippen molar-refractivity contribution in [1.29, 1.82) is 0 Å². The second kappa shape index (κ2) is 5.04. The third kappa shape index (κ3) is 2.86. The van der Waals surface area contributed by atoms with Crippen molar-refractivity contribution in [2.45, 2.75) is 13.0 Å². The minimum absolute atomic E-state index is 0.00337. The molecular formula is C8H17N3O2. The molecule has 5 nitrogen and oxygen atoms in total. The number of nitrogens with zero attached hydrogens (tertiary/aromatic N) is 1. The smallest absolute Gasteiger partial charge is 0.317 e. The summed E-state index contributed by atoms with van der Waals surface area (Å²) in [7, 11) is 0. The number of hydrogen-bond acceptors (Lipinski definition) is 3. The first kappa shape index (κ1) is 10.3. The van der Waals surface area contributed by atoms with Crippen molar-refractivity contribution >= 4 is 6.03 Å². The Bertz CT molecular complexity index is 175. The standard InChI is InChI=1S/C8H17N3O2/c1-2-10-8(12)11-3-4-13-7(5-9)6-11/h7H,2-6,9H2,1H3,(H,10,12). The predicted molar refractivity (Wildman–Crippen MR) is 49.4 cm³/mol. The van der Waals surface area contributed by atoms with E-state index >= 15 is 0 Å². The zero-order valence-electron chi connectivity index (χ0n) is 7.95. The topological polar surface area (TPSA) is 67.6 Å². The number of carbonyl (C=O) groups is 1. The molecule has 0 bridgehead atoms. The van der Waals surface area contributed by atoms with Crippen molar-refractivity contribution in [1.82, 2.24) is 10.2 Å². The average molecular weight is 187 g/mol. The number of urea groups is 1. The van der Waals surface area contributed by atoms with Gasteiger partial charge in [0, 0.05) is 26.2 Å². The second-order valence-electron chi connectivity index (χ2n) is 3.01. The predicted octanol–water partition coefficient (Wildman–Crippen LogP) is -0.625. The molecule has 13 heavy (non-hydrogen) atoms. The number of morpholine rings is 1. The number of amides is 2. The van der Waals surface area contributed by atoms with Crippen molar-refractivity contribution in [2.75, 3.05) is 32.8 Å². The van der Waals surface area contributed by atoms with Crippen molar-refractivity contribution in [3.8, 4) is 0 Å². The quantitative estimate of drug-likeness (QED) is 0.605. The van der Waals surface area contributed by atoms with Crippen LogP contribution in [0.25, 0.3) is 0 Å². The summed E-state index contributed by atoms with van der Waals surface area (Å²) >= 11 is 0. The van der Waals surface area contributed by atoms with E-state index in [0.717, 1.165) is 0 Å². The first-order valence-electron chi connectivity index (χ1n) is 4.62. The zero-order valence-corrected chi connectivity index (χ0v) is 7.95. The molecule has 1 heterocycles. The number of hydrogen-bond donors (Lipinski definition) is 2. The normalized spacial score (nSPS) is 22.9. The Balaban J connectivity index is 2.37. The van der Waals surface area contributed by atoms with Gasteiger partial charge in [-0.2, -0.15) is 0 Å². The summed E-state index contributed by atoms with van der Waals surface area (Å²) in [5.74, 6) is 0. The number of rotatable bonds is 2. The molecule has 1 fully saturated rings. The van der Waals surface area contributed by atoms with Gasteiger partial charge in [0.05, 0.1) is 12.7 Å². The van der Waals surface area contributed by atoms with E-state index in [-0.39, 0.29) is 12.1 Å². The van der Waals surface area contributed by atoms with E-state index in [1.54, 1.807) is 4.90 Å². The Morgan fingerprint density at radius 1 is 1.77 bits per heavy atom. The summed E-state index contributed by atoms with van der Waals surface area (Å²) in [6, 6.07) is -0.0238. The van der Waals surface area contributed by atoms with Crippen LogP contribution in [0.2, 0.25) is 0 Å². The minimum Gasteiger partial charge on any atom is -0.373 e. The molecule has 1 unspecified atom stereocenters. The molecule has 76 valence electrons. The van der Waals surface area contributed by atoms with Crippen LogP contribution < -0.4 is 11.1 Å². The lowest BCUT2D eigenvalue weighted by Crippen LogP contribution is -2.51.